The highest BCUT2D eigenvalue weighted by Gasteiger charge is 2.06. The van der Waals surface area contributed by atoms with Crippen molar-refractivity contribution in [3.05, 3.63) is 71.8 Å². The van der Waals surface area contributed by atoms with Crippen molar-refractivity contribution in [3.63, 3.8) is 0 Å². The molecule has 0 spiro atoms. The molecular weight excluding hydrogens is 296 g/mol. The molecule has 0 atom stereocenters. The van der Waals surface area contributed by atoms with E-state index in [0.717, 1.165) is 10.8 Å². The van der Waals surface area contributed by atoms with Gasteiger partial charge in [-0.15, -0.1) is 0 Å². The van der Waals surface area contributed by atoms with E-state index in [1.807, 2.05) is 0 Å². The summed E-state index contributed by atoms with van der Waals surface area (Å²) in [5, 5.41) is 19.5. The van der Waals surface area contributed by atoms with Crippen LogP contribution in [0.25, 0.3) is 10.8 Å². The molecule has 3 rings (SSSR count). The van der Waals surface area contributed by atoms with Crippen molar-refractivity contribution in [1.82, 2.24) is 0 Å². The average Bonchev–Trinajstić information content (AvgIpc) is 2.54. The number of benzene rings is 3. The summed E-state index contributed by atoms with van der Waals surface area (Å²) in [7, 11) is 0. The number of carbonyl (C=O) groups is 2. The van der Waals surface area contributed by atoms with E-state index in [4.69, 9.17) is 14.9 Å². The Bertz CT molecular complexity index is 897. The first-order valence-electron chi connectivity index (χ1n) is 6.81. The molecule has 0 aliphatic heterocycles. The summed E-state index contributed by atoms with van der Waals surface area (Å²) >= 11 is 0. The number of rotatable bonds is 4. The maximum atomic E-state index is 11.0. The maximum Gasteiger partial charge on any atom is 0.335 e. The van der Waals surface area contributed by atoms with Crippen molar-refractivity contribution in [1.29, 1.82) is 0 Å². The molecule has 0 aliphatic rings. The Morgan fingerprint density at radius 3 is 1.83 bits per heavy atom. The van der Waals surface area contributed by atoms with E-state index in [1.165, 1.54) is 18.2 Å². The molecule has 0 heterocycles. The van der Waals surface area contributed by atoms with Crippen molar-refractivity contribution in [2.45, 2.75) is 0 Å². The van der Waals surface area contributed by atoms with Gasteiger partial charge in [0.2, 0.25) is 0 Å². The highest BCUT2D eigenvalue weighted by atomic mass is 16.5. The molecule has 5 heteroatoms. The minimum Gasteiger partial charge on any atom is -0.478 e. The van der Waals surface area contributed by atoms with E-state index in [-0.39, 0.29) is 11.1 Å². The molecular formula is C18H12O5. The van der Waals surface area contributed by atoms with Crippen LogP contribution in [-0.2, 0) is 0 Å². The summed E-state index contributed by atoms with van der Waals surface area (Å²) < 4.78 is 5.69. The van der Waals surface area contributed by atoms with Gasteiger partial charge in [-0.05, 0) is 59.3 Å². The lowest BCUT2D eigenvalue weighted by Gasteiger charge is -2.07. The molecule has 2 N–H and O–H groups in total. The first kappa shape index (κ1) is 14.6. The second kappa shape index (κ2) is 5.81. The molecule has 0 aromatic heterocycles. The van der Waals surface area contributed by atoms with Gasteiger partial charge in [-0.2, -0.15) is 0 Å². The zero-order valence-corrected chi connectivity index (χ0v) is 11.9. The fraction of sp³-hybridized carbons (Fsp3) is 0. The SMILES string of the molecule is O=C(O)c1ccc(Oc2ccc3cc(C(=O)O)ccc3c2)cc1. The number of hydrogen-bond acceptors (Lipinski definition) is 3. The van der Waals surface area contributed by atoms with E-state index < -0.39 is 11.9 Å². The highest BCUT2D eigenvalue weighted by Crippen LogP contribution is 2.26. The van der Waals surface area contributed by atoms with Gasteiger partial charge in [0.25, 0.3) is 0 Å². The van der Waals surface area contributed by atoms with Crippen LogP contribution in [0.4, 0.5) is 0 Å². The van der Waals surface area contributed by atoms with Crippen LogP contribution in [0.1, 0.15) is 20.7 Å². The maximum absolute atomic E-state index is 11.0. The summed E-state index contributed by atoms with van der Waals surface area (Å²) in [5.74, 6) is -0.845. The Labute approximate surface area is 131 Å². The molecule has 3 aromatic carbocycles. The van der Waals surface area contributed by atoms with E-state index in [1.54, 1.807) is 42.5 Å². The van der Waals surface area contributed by atoms with Crippen LogP contribution in [-0.4, -0.2) is 22.2 Å². The smallest absolute Gasteiger partial charge is 0.335 e. The van der Waals surface area contributed by atoms with Gasteiger partial charge in [0.15, 0.2) is 0 Å². The summed E-state index contributed by atoms with van der Waals surface area (Å²) in [6.07, 6.45) is 0. The molecule has 0 saturated carbocycles. The number of carboxylic acids is 2. The molecule has 0 radical (unpaired) electrons. The van der Waals surface area contributed by atoms with Gasteiger partial charge in [-0.3, -0.25) is 0 Å². The zero-order chi connectivity index (χ0) is 16.4. The summed E-state index contributed by atoms with van der Waals surface area (Å²) in [6, 6.07) is 16.3. The van der Waals surface area contributed by atoms with Gasteiger partial charge >= 0.3 is 11.9 Å². The van der Waals surface area contributed by atoms with Crippen molar-refractivity contribution < 1.29 is 24.5 Å². The highest BCUT2D eigenvalue weighted by molar-refractivity contribution is 5.94. The van der Waals surface area contributed by atoms with Gasteiger partial charge in [0, 0.05) is 0 Å². The van der Waals surface area contributed by atoms with Crippen molar-refractivity contribution >= 4 is 22.7 Å². The largest absolute Gasteiger partial charge is 0.478 e. The van der Waals surface area contributed by atoms with Crippen LogP contribution in [0.5, 0.6) is 11.5 Å². The molecule has 0 saturated heterocycles. The molecule has 0 unspecified atom stereocenters. The van der Waals surface area contributed by atoms with Crippen LogP contribution < -0.4 is 4.74 Å². The number of aromatic carboxylic acids is 2. The fourth-order valence-electron chi connectivity index (χ4n) is 2.22. The first-order valence-corrected chi connectivity index (χ1v) is 6.81. The predicted octanol–water partition coefficient (Wildman–Crippen LogP) is 4.03. The Kier molecular flexibility index (Phi) is 3.68. The number of fused-ring (bicyclic) bond motifs is 1. The van der Waals surface area contributed by atoms with E-state index in [0.29, 0.717) is 11.5 Å². The van der Waals surface area contributed by atoms with E-state index in [2.05, 4.69) is 0 Å². The number of carboxylic acid groups (broad SMARTS) is 2. The lowest BCUT2D eigenvalue weighted by Crippen LogP contribution is -1.95. The van der Waals surface area contributed by atoms with Gasteiger partial charge in [-0.25, -0.2) is 9.59 Å². The standard InChI is InChI=1S/C18H12O5/c19-17(20)11-3-6-15(7-4-11)23-16-8-5-12-9-14(18(21)22)2-1-13(12)10-16/h1-10H,(H,19,20)(H,21,22). The summed E-state index contributed by atoms with van der Waals surface area (Å²) in [5.41, 5.74) is 0.424. The molecule has 3 aromatic rings. The third-order valence-corrected chi connectivity index (χ3v) is 3.40. The van der Waals surface area contributed by atoms with Crippen molar-refractivity contribution in [2.75, 3.05) is 0 Å². The molecule has 114 valence electrons. The summed E-state index contributed by atoms with van der Waals surface area (Å²) in [6.45, 7) is 0. The van der Waals surface area contributed by atoms with Crippen LogP contribution >= 0.6 is 0 Å². The fourth-order valence-corrected chi connectivity index (χ4v) is 2.22. The number of hydrogen-bond donors (Lipinski definition) is 2. The van der Waals surface area contributed by atoms with Crippen molar-refractivity contribution in [3.8, 4) is 11.5 Å². The average molecular weight is 308 g/mol. The third kappa shape index (κ3) is 3.13. The zero-order valence-electron chi connectivity index (χ0n) is 11.9. The lowest BCUT2D eigenvalue weighted by atomic mass is 10.1. The molecule has 0 amide bonds. The quantitative estimate of drug-likeness (QED) is 0.760. The van der Waals surface area contributed by atoms with E-state index in [9.17, 15) is 9.59 Å². The predicted molar refractivity (Wildman–Crippen MR) is 84.4 cm³/mol. The number of ether oxygens (including phenoxy) is 1. The molecule has 0 bridgehead atoms. The Balaban J connectivity index is 1.87. The molecule has 0 aliphatic carbocycles. The second-order valence-electron chi connectivity index (χ2n) is 4.96. The molecule has 0 fully saturated rings. The minimum absolute atomic E-state index is 0.192. The van der Waals surface area contributed by atoms with Crippen LogP contribution in [0.3, 0.4) is 0 Å². The van der Waals surface area contributed by atoms with Gasteiger partial charge in [-0.1, -0.05) is 12.1 Å². The summed E-state index contributed by atoms with van der Waals surface area (Å²) in [4.78, 5) is 21.8. The lowest BCUT2D eigenvalue weighted by molar-refractivity contribution is 0.0686. The third-order valence-electron chi connectivity index (χ3n) is 3.40. The second-order valence-corrected chi connectivity index (χ2v) is 4.96. The molecule has 5 nitrogen and oxygen atoms in total. The minimum atomic E-state index is -0.989. The Morgan fingerprint density at radius 1 is 0.652 bits per heavy atom. The van der Waals surface area contributed by atoms with E-state index >= 15 is 0 Å². The van der Waals surface area contributed by atoms with Gasteiger partial charge < -0.3 is 14.9 Å². The first-order chi connectivity index (χ1) is 11.0. The Hall–Kier alpha value is -3.34. The topological polar surface area (TPSA) is 83.8 Å². The molecule has 23 heavy (non-hydrogen) atoms. The van der Waals surface area contributed by atoms with Crippen molar-refractivity contribution in [2.24, 2.45) is 0 Å². The van der Waals surface area contributed by atoms with Gasteiger partial charge in [0.1, 0.15) is 11.5 Å². The van der Waals surface area contributed by atoms with Crippen LogP contribution in [0.2, 0.25) is 0 Å². The van der Waals surface area contributed by atoms with Gasteiger partial charge in [0.05, 0.1) is 11.1 Å². The van der Waals surface area contributed by atoms with Crippen LogP contribution in [0.15, 0.2) is 60.7 Å². The Morgan fingerprint density at radius 2 is 1.17 bits per heavy atom. The van der Waals surface area contributed by atoms with Crippen LogP contribution in [0, 0.1) is 0 Å². The normalized spacial score (nSPS) is 10.4. The monoisotopic (exact) mass is 308 g/mol.